The highest BCUT2D eigenvalue weighted by Gasteiger charge is 2.42. The molecular formula is C14H25F3N2. The van der Waals surface area contributed by atoms with Crippen molar-refractivity contribution in [2.45, 2.75) is 51.2 Å². The molecule has 19 heavy (non-hydrogen) atoms. The zero-order valence-electron chi connectivity index (χ0n) is 11.7. The molecule has 3 unspecified atom stereocenters. The Kier molecular flexibility index (Phi) is 5.12. The van der Waals surface area contributed by atoms with Crippen LogP contribution >= 0.6 is 0 Å². The highest BCUT2D eigenvalue weighted by molar-refractivity contribution is 4.85. The van der Waals surface area contributed by atoms with Crippen molar-refractivity contribution in [3.63, 3.8) is 0 Å². The molecule has 1 saturated carbocycles. The molecule has 0 amide bonds. The molecule has 1 saturated heterocycles. The predicted molar refractivity (Wildman–Crippen MR) is 70.0 cm³/mol. The maximum absolute atomic E-state index is 12.9. The van der Waals surface area contributed by atoms with E-state index >= 15 is 0 Å². The zero-order chi connectivity index (χ0) is 13.9. The molecular weight excluding hydrogens is 253 g/mol. The van der Waals surface area contributed by atoms with E-state index in [2.05, 4.69) is 17.1 Å². The van der Waals surface area contributed by atoms with Crippen molar-refractivity contribution in [2.75, 3.05) is 26.2 Å². The monoisotopic (exact) mass is 278 g/mol. The molecule has 1 N–H and O–H groups in total. The third-order valence-electron chi connectivity index (χ3n) is 4.73. The largest absolute Gasteiger partial charge is 0.394 e. The third-order valence-corrected chi connectivity index (χ3v) is 4.73. The molecule has 112 valence electrons. The van der Waals surface area contributed by atoms with Crippen LogP contribution in [0.2, 0.25) is 0 Å². The van der Waals surface area contributed by atoms with Crippen molar-refractivity contribution in [2.24, 2.45) is 11.8 Å². The van der Waals surface area contributed by atoms with Crippen LogP contribution in [0.25, 0.3) is 0 Å². The molecule has 2 nitrogen and oxygen atoms in total. The number of hydrogen-bond donors (Lipinski definition) is 1. The second-order valence-electron chi connectivity index (χ2n) is 6.03. The van der Waals surface area contributed by atoms with Gasteiger partial charge in [-0.3, -0.25) is 4.90 Å². The summed E-state index contributed by atoms with van der Waals surface area (Å²) in [6.45, 7) is 3.88. The van der Waals surface area contributed by atoms with Crippen molar-refractivity contribution in [3.05, 3.63) is 0 Å². The Balaban J connectivity index is 1.97. The normalized spacial score (nSPS) is 35.1. The highest BCUT2D eigenvalue weighted by Crippen LogP contribution is 2.33. The molecule has 1 aliphatic heterocycles. The van der Waals surface area contributed by atoms with Crippen molar-refractivity contribution in [3.8, 4) is 0 Å². The second kappa shape index (κ2) is 6.44. The zero-order valence-corrected chi connectivity index (χ0v) is 11.7. The summed E-state index contributed by atoms with van der Waals surface area (Å²) in [4.78, 5) is 2.10. The van der Waals surface area contributed by atoms with E-state index in [-0.39, 0.29) is 13.1 Å². The van der Waals surface area contributed by atoms with E-state index in [0.29, 0.717) is 18.5 Å². The van der Waals surface area contributed by atoms with Gasteiger partial charge in [0.15, 0.2) is 0 Å². The minimum atomic E-state index is -4.07. The van der Waals surface area contributed by atoms with Crippen LogP contribution in [0, 0.1) is 11.8 Å². The molecule has 0 bridgehead atoms. The highest BCUT2D eigenvalue weighted by atomic mass is 19.4. The first kappa shape index (κ1) is 15.1. The van der Waals surface area contributed by atoms with Gasteiger partial charge in [-0.25, -0.2) is 0 Å². The van der Waals surface area contributed by atoms with Gasteiger partial charge in [0.25, 0.3) is 0 Å². The van der Waals surface area contributed by atoms with Gasteiger partial charge in [-0.15, -0.1) is 0 Å². The van der Waals surface area contributed by atoms with Gasteiger partial charge in [0, 0.05) is 32.2 Å². The summed E-state index contributed by atoms with van der Waals surface area (Å²) < 4.78 is 38.8. The Labute approximate surface area is 113 Å². The van der Waals surface area contributed by atoms with Gasteiger partial charge in [-0.2, -0.15) is 13.2 Å². The van der Waals surface area contributed by atoms with E-state index in [9.17, 15) is 13.2 Å². The Bertz CT molecular complexity index is 280. The van der Waals surface area contributed by atoms with Crippen molar-refractivity contribution >= 4 is 0 Å². The minimum Gasteiger partial charge on any atom is -0.315 e. The van der Waals surface area contributed by atoms with Crippen LogP contribution in [0.1, 0.15) is 39.0 Å². The molecule has 5 heteroatoms. The van der Waals surface area contributed by atoms with Crippen LogP contribution in [-0.4, -0.2) is 43.3 Å². The number of nitrogens with one attached hydrogen (secondary N) is 1. The molecule has 1 aliphatic carbocycles. The standard InChI is InChI=1S/C14H25F3N2/c1-2-11-4-3-5-13(8-11)19-7-6-18-9-12(10-19)14(15,16)17/h11-13,18H,2-10H2,1H3. The van der Waals surface area contributed by atoms with E-state index in [4.69, 9.17) is 0 Å². The number of hydrogen-bond acceptors (Lipinski definition) is 2. The van der Waals surface area contributed by atoms with Crippen LogP contribution in [-0.2, 0) is 0 Å². The summed E-state index contributed by atoms with van der Waals surface area (Å²) in [5.74, 6) is -0.503. The Morgan fingerprint density at radius 1 is 1.26 bits per heavy atom. The van der Waals surface area contributed by atoms with E-state index in [1.54, 1.807) is 0 Å². The lowest BCUT2D eigenvalue weighted by molar-refractivity contribution is -0.177. The Morgan fingerprint density at radius 3 is 2.74 bits per heavy atom. The van der Waals surface area contributed by atoms with Gasteiger partial charge < -0.3 is 5.32 Å². The SMILES string of the molecule is CCC1CCCC(N2CCNCC(C(F)(F)F)C2)C1. The van der Waals surface area contributed by atoms with Gasteiger partial charge >= 0.3 is 6.18 Å². The van der Waals surface area contributed by atoms with Crippen LogP contribution in [0.5, 0.6) is 0 Å². The molecule has 2 fully saturated rings. The van der Waals surface area contributed by atoms with Crippen molar-refractivity contribution in [1.29, 1.82) is 0 Å². The fraction of sp³-hybridized carbons (Fsp3) is 1.00. The molecule has 3 atom stereocenters. The first-order chi connectivity index (χ1) is 9.00. The molecule has 0 radical (unpaired) electrons. The van der Waals surface area contributed by atoms with E-state index in [1.807, 2.05) is 0 Å². The minimum absolute atomic E-state index is 0.0733. The number of alkyl halides is 3. The summed E-state index contributed by atoms with van der Waals surface area (Å²) in [7, 11) is 0. The predicted octanol–water partition coefficient (Wildman–Crippen LogP) is 3.04. The van der Waals surface area contributed by atoms with Gasteiger partial charge in [-0.05, 0) is 18.8 Å². The van der Waals surface area contributed by atoms with Crippen LogP contribution in [0.3, 0.4) is 0 Å². The van der Waals surface area contributed by atoms with Crippen LogP contribution in [0.15, 0.2) is 0 Å². The molecule has 2 rings (SSSR count). The van der Waals surface area contributed by atoms with Gasteiger partial charge in [0.1, 0.15) is 0 Å². The van der Waals surface area contributed by atoms with Gasteiger partial charge in [-0.1, -0.05) is 26.2 Å². The number of halogens is 3. The quantitative estimate of drug-likeness (QED) is 0.835. The number of rotatable bonds is 2. The van der Waals surface area contributed by atoms with Crippen LogP contribution in [0.4, 0.5) is 13.2 Å². The smallest absolute Gasteiger partial charge is 0.315 e. The first-order valence-corrected chi connectivity index (χ1v) is 7.52. The maximum Gasteiger partial charge on any atom is 0.394 e. The maximum atomic E-state index is 12.9. The van der Waals surface area contributed by atoms with Gasteiger partial charge in [0.2, 0.25) is 0 Å². The topological polar surface area (TPSA) is 15.3 Å². The summed E-state index contributed by atoms with van der Waals surface area (Å²) in [5, 5.41) is 2.94. The van der Waals surface area contributed by atoms with Crippen molar-refractivity contribution < 1.29 is 13.2 Å². The summed E-state index contributed by atoms with van der Waals surface area (Å²) in [6, 6.07) is 0.364. The summed E-state index contributed by atoms with van der Waals surface area (Å²) in [6.07, 6.45) is 1.66. The average molecular weight is 278 g/mol. The van der Waals surface area contributed by atoms with Crippen LogP contribution < -0.4 is 5.32 Å². The first-order valence-electron chi connectivity index (χ1n) is 7.52. The fourth-order valence-corrected chi connectivity index (χ4v) is 3.45. The van der Waals surface area contributed by atoms with Gasteiger partial charge in [0.05, 0.1) is 5.92 Å². The van der Waals surface area contributed by atoms with Crippen molar-refractivity contribution in [1.82, 2.24) is 10.2 Å². The van der Waals surface area contributed by atoms with E-state index < -0.39 is 12.1 Å². The molecule has 0 aromatic carbocycles. The third kappa shape index (κ3) is 4.09. The Morgan fingerprint density at radius 2 is 2.05 bits per heavy atom. The number of nitrogens with zero attached hydrogens (tertiary/aromatic N) is 1. The lowest BCUT2D eigenvalue weighted by Gasteiger charge is -2.38. The summed E-state index contributed by atoms with van der Waals surface area (Å²) in [5.41, 5.74) is 0. The van der Waals surface area contributed by atoms with E-state index in [1.165, 1.54) is 12.8 Å². The molecule has 0 aromatic rings. The molecule has 0 spiro atoms. The molecule has 2 aliphatic rings. The molecule has 1 heterocycles. The molecule has 0 aromatic heterocycles. The Hall–Kier alpha value is -0.290. The average Bonchev–Trinajstić information content (AvgIpc) is 2.64. The fourth-order valence-electron chi connectivity index (χ4n) is 3.45. The lowest BCUT2D eigenvalue weighted by atomic mass is 9.83. The second-order valence-corrected chi connectivity index (χ2v) is 6.03. The lowest BCUT2D eigenvalue weighted by Crippen LogP contribution is -2.44. The van der Waals surface area contributed by atoms with E-state index in [0.717, 1.165) is 25.8 Å². The summed E-state index contributed by atoms with van der Waals surface area (Å²) >= 11 is 0.